The average molecular weight is 245 g/mol. The third-order valence-electron chi connectivity index (χ3n) is 2.79. The predicted octanol–water partition coefficient (Wildman–Crippen LogP) is 3.46. The molecule has 88 valence electrons. The van der Waals surface area contributed by atoms with Crippen LogP contribution in [0.1, 0.15) is 18.4 Å². The van der Waals surface area contributed by atoms with Crippen LogP contribution in [0.3, 0.4) is 0 Å². The molecule has 3 heteroatoms. The van der Waals surface area contributed by atoms with Gasteiger partial charge in [0.15, 0.2) is 0 Å². The molecule has 0 N–H and O–H groups in total. The molecule has 1 aliphatic rings. The topological polar surface area (TPSA) is 33.0 Å². The number of thioether (sulfide) groups is 1. The molecule has 0 amide bonds. The summed E-state index contributed by atoms with van der Waals surface area (Å²) in [5.74, 6) is 0. The second kappa shape index (κ2) is 6.48. The van der Waals surface area contributed by atoms with Gasteiger partial charge in [-0.3, -0.25) is 0 Å². The first kappa shape index (κ1) is 12.2. The highest BCUT2D eigenvalue weighted by Gasteiger charge is 2.20. The normalized spacial score (nSPS) is 24.6. The molecule has 1 aromatic carbocycles. The lowest BCUT2D eigenvalue weighted by molar-refractivity contribution is 0.0502. The maximum atomic E-state index is 8.67. The first-order valence-electron chi connectivity index (χ1n) is 5.78. The zero-order valence-electron chi connectivity index (χ0n) is 9.58. The summed E-state index contributed by atoms with van der Waals surface area (Å²) >= 11 is 1.37. The van der Waals surface area contributed by atoms with E-state index in [1.807, 2.05) is 18.2 Å². The Morgan fingerprint density at radius 3 is 2.94 bits per heavy atom. The van der Waals surface area contributed by atoms with E-state index < -0.39 is 0 Å². The van der Waals surface area contributed by atoms with Crippen LogP contribution in [0.4, 0.5) is 0 Å². The van der Waals surface area contributed by atoms with E-state index in [1.165, 1.54) is 17.3 Å². The van der Waals surface area contributed by atoms with Gasteiger partial charge in [0.25, 0.3) is 0 Å². The Bertz CT molecular complexity index is 410. The van der Waals surface area contributed by atoms with Crippen molar-refractivity contribution < 1.29 is 4.74 Å². The Morgan fingerprint density at radius 2 is 2.18 bits per heavy atom. The standard InChI is InChI=1S/C14H15NOS/c15-11-17-14-8-9-16-13(10-14)7-6-12-4-2-1-3-5-12/h1-7,13-14H,8-10H2/b7-6+/t13-,14-/m0/s1. The van der Waals surface area contributed by atoms with Crippen LogP contribution < -0.4 is 0 Å². The molecule has 0 aromatic heterocycles. The predicted molar refractivity (Wildman–Crippen MR) is 71.4 cm³/mol. The molecule has 1 saturated heterocycles. The lowest BCUT2D eigenvalue weighted by atomic mass is 10.1. The molecule has 0 unspecified atom stereocenters. The van der Waals surface area contributed by atoms with E-state index in [1.54, 1.807) is 0 Å². The molecule has 17 heavy (non-hydrogen) atoms. The van der Waals surface area contributed by atoms with E-state index >= 15 is 0 Å². The lowest BCUT2D eigenvalue weighted by Crippen LogP contribution is -2.25. The summed E-state index contributed by atoms with van der Waals surface area (Å²) in [6.07, 6.45) is 6.24. The molecule has 1 fully saturated rings. The molecule has 1 aliphatic heterocycles. The summed E-state index contributed by atoms with van der Waals surface area (Å²) in [6.45, 7) is 0.753. The highest BCUT2D eigenvalue weighted by Crippen LogP contribution is 2.25. The molecule has 0 saturated carbocycles. The molecule has 2 nitrogen and oxygen atoms in total. The van der Waals surface area contributed by atoms with Crippen molar-refractivity contribution >= 4 is 17.8 Å². The minimum absolute atomic E-state index is 0.148. The van der Waals surface area contributed by atoms with Crippen LogP contribution in [-0.2, 0) is 4.74 Å². The lowest BCUT2D eigenvalue weighted by Gasteiger charge is -2.25. The Morgan fingerprint density at radius 1 is 1.35 bits per heavy atom. The second-order valence-electron chi connectivity index (χ2n) is 4.03. The smallest absolute Gasteiger partial charge is 0.133 e. The molecule has 0 spiro atoms. The van der Waals surface area contributed by atoms with Gasteiger partial charge in [-0.05, 0) is 30.2 Å². The van der Waals surface area contributed by atoms with E-state index in [-0.39, 0.29) is 6.10 Å². The SMILES string of the molecule is N#CS[C@H]1CCO[C@@H](/C=C/c2ccccc2)C1. The quantitative estimate of drug-likeness (QED) is 0.764. The summed E-state index contributed by atoms with van der Waals surface area (Å²) in [5, 5.41) is 11.3. The molecule has 0 bridgehead atoms. The monoisotopic (exact) mass is 245 g/mol. The van der Waals surface area contributed by atoms with E-state index in [0.29, 0.717) is 5.25 Å². The van der Waals surface area contributed by atoms with Crippen molar-refractivity contribution in [2.45, 2.75) is 24.2 Å². The zero-order valence-corrected chi connectivity index (χ0v) is 10.4. The first-order chi connectivity index (χ1) is 8.38. The third-order valence-corrected chi connectivity index (χ3v) is 3.66. The fraction of sp³-hybridized carbons (Fsp3) is 0.357. The van der Waals surface area contributed by atoms with Gasteiger partial charge in [0.2, 0.25) is 0 Å². The minimum Gasteiger partial charge on any atom is -0.374 e. The Kier molecular flexibility index (Phi) is 4.66. The third kappa shape index (κ3) is 3.92. The van der Waals surface area contributed by atoms with Gasteiger partial charge < -0.3 is 4.74 Å². The molecule has 0 aliphatic carbocycles. The van der Waals surface area contributed by atoms with Crippen LogP contribution >= 0.6 is 11.8 Å². The number of hydrogen-bond donors (Lipinski definition) is 0. The van der Waals surface area contributed by atoms with E-state index in [0.717, 1.165) is 19.4 Å². The largest absolute Gasteiger partial charge is 0.374 e. The van der Waals surface area contributed by atoms with Crippen molar-refractivity contribution in [1.82, 2.24) is 0 Å². The molecule has 1 heterocycles. The number of nitrogens with zero attached hydrogens (tertiary/aromatic N) is 1. The maximum absolute atomic E-state index is 8.67. The number of ether oxygens (including phenoxy) is 1. The van der Waals surface area contributed by atoms with E-state index in [2.05, 4.69) is 29.7 Å². The first-order valence-corrected chi connectivity index (χ1v) is 6.66. The number of thiocyanates is 1. The Labute approximate surface area is 106 Å². The number of benzene rings is 1. The van der Waals surface area contributed by atoms with Crippen molar-refractivity contribution in [3.8, 4) is 5.40 Å². The summed E-state index contributed by atoms with van der Waals surface area (Å²) in [6, 6.07) is 10.2. The number of nitriles is 1. The summed E-state index contributed by atoms with van der Waals surface area (Å²) < 4.78 is 5.67. The van der Waals surface area contributed by atoms with E-state index in [9.17, 15) is 0 Å². The van der Waals surface area contributed by atoms with Gasteiger partial charge in [0, 0.05) is 11.9 Å². The van der Waals surface area contributed by atoms with Gasteiger partial charge in [-0.1, -0.05) is 42.5 Å². The van der Waals surface area contributed by atoms with Gasteiger partial charge in [-0.2, -0.15) is 5.26 Å². The molecule has 2 rings (SSSR count). The zero-order chi connectivity index (χ0) is 11.9. The van der Waals surface area contributed by atoms with Crippen molar-refractivity contribution in [3.05, 3.63) is 42.0 Å². The fourth-order valence-electron chi connectivity index (χ4n) is 1.89. The van der Waals surface area contributed by atoms with Crippen molar-refractivity contribution in [3.63, 3.8) is 0 Å². The Hall–Kier alpha value is -1.24. The van der Waals surface area contributed by atoms with Crippen LogP contribution in [0.15, 0.2) is 36.4 Å². The second-order valence-corrected chi connectivity index (χ2v) is 5.12. The van der Waals surface area contributed by atoms with Crippen LogP contribution in [0, 0.1) is 10.7 Å². The Balaban J connectivity index is 1.91. The maximum Gasteiger partial charge on any atom is 0.133 e. The number of rotatable bonds is 3. The molecule has 0 radical (unpaired) electrons. The number of hydrogen-bond acceptors (Lipinski definition) is 3. The molecular weight excluding hydrogens is 230 g/mol. The van der Waals surface area contributed by atoms with Crippen LogP contribution in [0.2, 0.25) is 0 Å². The summed E-state index contributed by atoms with van der Waals surface area (Å²) in [5.41, 5.74) is 1.19. The molecule has 1 aromatic rings. The van der Waals surface area contributed by atoms with Crippen molar-refractivity contribution in [2.24, 2.45) is 0 Å². The van der Waals surface area contributed by atoms with Gasteiger partial charge in [0.05, 0.1) is 6.10 Å². The minimum atomic E-state index is 0.148. The average Bonchev–Trinajstić information content (AvgIpc) is 2.39. The summed E-state index contributed by atoms with van der Waals surface area (Å²) in [7, 11) is 0. The van der Waals surface area contributed by atoms with Crippen LogP contribution in [0.25, 0.3) is 6.08 Å². The molecular formula is C14H15NOS. The fourth-order valence-corrected chi connectivity index (χ4v) is 2.54. The highest BCUT2D eigenvalue weighted by atomic mass is 32.2. The van der Waals surface area contributed by atoms with Crippen molar-refractivity contribution in [1.29, 1.82) is 5.26 Å². The van der Waals surface area contributed by atoms with Gasteiger partial charge >= 0.3 is 0 Å². The van der Waals surface area contributed by atoms with Gasteiger partial charge in [0.1, 0.15) is 5.40 Å². The molecule has 2 atom stereocenters. The van der Waals surface area contributed by atoms with E-state index in [4.69, 9.17) is 10.00 Å². The van der Waals surface area contributed by atoms with Gasteiger partial charge in [-0.15, -0.1) is 0 Å². The summed E-state index contributed by atoms with van der Waals surface area (Å²) in [4.78, 5) is 0. The highest BCUT2D eigenvalue weighted by molar-refractivity contribution is 8.04. The van der Waals surface area contributed by atoms with Crippen LogP contribution in [-0.4, -0.2) is 18.0 Å². The van der Waals surface area contributed by atoms with Gasteiger partial charge in [-0.25, -0.2) is 0 Å². The van der Waals surface area contributed by atoms with Crippen molar-refractivity contribution in [2.75, 3.05) is 6.61 Å². The van der Waals surface area contributed by atoms with Crippen LogP contribution in [0.5, 0.6) is 0 Å².